The van der Waals surface area contributed by atoms with Crippen molar-refractivity contribution in [1.29, 1.82) is 0 Å². The molecule has 0 aliphatic rings. The standard InChI is InChI=1S/C14H24N2S/c1-13-8-7-9-14(16-13)12-15-10-5-3-4-6-11-17-2/h7-9,15H,3-6,10-12H2,1-2H3. The molecular weight excluding hydrogens is 228 g/mol. The van der Waals surface area contributed by atoms with Crippen LogP contribution in [0.5, 0.6) is 0 Å². The van der Waals surface area contributed by atoms with Crippen LogP contribution in [0.2, 0.25) is 0 Å². The third kappa shape index (κ3) is 7.40. The number of thioether (sulfide) groups is 1. The minimum atomic E-state index is 0.895. The van der Waals surface area contributed by atoms with Crippen molar-refractivity contribution in [2.45, 2.75) is 39.2 Å². The molecule has 17 heavy (non-hydrogen) atoms. The zero-order valence-corrected chi connectivity index (χ0v) is 11.9. The van der Waals surface area contributed by atoms with Crippen molar-refractivity contribution in [3.8, 4) is 0 Å². The van der Waals surface area contributed by atoms with Crippen LogP contribution in [0, 0.1) is 6.92 Å². The van der Waals surface area contributed by atoms with Gasteiger partial charge in [-0.05, 0) is 50.5 Å². The number of aryl methyl sites for hydroxylation is 1. The lowest BCUT2D eigenvalue weighted by molar-refractivity contribution is 0.594. The van der Waals surface area contributed by atoms with Gasteiger partial charge in [0.1, 0.15) is 0 Å². The molecule has 2 nitrogen and oxygen atoms in total. The highest BCUT2D eigenvalue weighted by molar-refractivity contribution is 7.98. The van der Waals surface area contributed by atoms with Crippen LogP contribution in [-0.2, 0) is 6.54 Å². The van der Waals surface area contributed by atoms with Gasteiger partial charge in [-0.2, -0.15) is 11.8 Å². The summed E-state index contributed by atoms with van der Waals surface area (Å²) >= 11 is 1.94. The lowest BCUT2D eigenvalue weighted by atomic mass is 10.2. The number of aromatic nitrogens is 1. The van der Waals surface area contributed by atoms with Gasteiger partial charge in [0, 0.05) is 12.2 Å². The Labute approximate surface area is 110 Å². The predicted molar refractivity (Wildman–Crippen MR) is 77.5 cm³/mol. The molecule has 0 radical (unpaired) electrons. The van der Waals surface area contributed by atoms with Gasteiger partial charge in [-0.25, -0.2) is 0 Å². The van der Waals surface area contributed by atoms with Crippen molar-refractivity contribution in [2.24, 2.45) is 0 Å². The lowest BCUT2D eigenvalue weighted by Gasteiger charge is -2.05. The van der Waals surface area contributed by atoms with Crippen molar-refractivity contribution in [3.05, 3.63) is 29.6 Å². The number of hydrogen-bond acceptors (Lipinski definition) is 3. The second-order valence-electron chi connectivity index (χ2n) is 4.35. The molecule has 1 rings (SSSR count). The molecule has 0 fully saturated rings. The summed E-state index contributed by atoms with van der Waals surface area (Å²) in [4.78, 5) is 4.47. The number of nitrogens with one attached hydrogen (secondary N) is 1. The van der Waals surface area contributed by atoms with Gasteiger partial charge in [0.2, 0.25) is 0 Å². The summed E-state index contributed by atoms with van der Waals surface area (Å²) in [7, 11) is 0. The molecule has 1 heterocycles. The van der Waals surface area contributed by atoms with E-state index in [0.29, 0.717) is 0 Å². The Morgan fingerprint density at radius 3 is 2.76 bits per heavy atom. The number of nitrogens with zero attached hydrogens (tertiary/aromatic N) is 1. The smallest absolute Gasteiger partial charge is 0.0544 e. The molecule has 0 atom stereocenters. The third-order valence-electron chi connectivity index (χ3n) is 2.70. The van der Waals surface area contributed by atoms with Gasteiger partial charge in [-0.1, -0.05) is 18.9 Å². The molecule has 0 unspecified atom stereocenters. The molecule has 0 saturated heterocycles. The molecule has 0 spiro atoms. The first-order valence-corrected chi connectivity index (χ1v) is 7.84. The van der Waals surface area contributed by atoms with Gasteiger partial charge in [0.05, 0.1) is 5.69 Å². The average Bonchev–Trinajstić information content (AvgIpc) is 2.33. The van der Waals surface area contributed by atoms with Gasteiger partial charge in [-0.3, -0.25) is 4.98 Å². The maximum atomic E-state index is 4.47. The minimum Gasteiger partial charge on any atom is -0.311 e. The summed E-state index contributed by atoms with van der Waals surface area (Å²) < 4.78 is 0. The quantitative estimate of drug-likeness (QED) is 0.682. The van der Waals surface area contributed by atoms with Crippen LogP contribution >= 0.6 is 11.8 Å². The SMILES string of the molecule is CSCCCCCCNCc1cccc(C)n1. The fourth-order valence-electron chi connectivity index (χ4n) is 1.76. The molecule has 0 aliphatic carbocycles. The molecular formula is C14H24N2S. The Morgan fingerprint density at radius 1 is 1.18 bits per heavy atom. The molecule has 0 bridgehead atoms. The topological polar surface area (TPSA) is 24.9 Å². The second kappa shape index (κ2) is 9.49. The molecule has 0 saturated carbocycles. The molecule has 1 aromatic rings. The van der Waals surface area contributed by atoms with Crippen LogP contribution in [-0.4, -0.2) is 23.5 Å². The second-order valence-corrected chi connectivity index (χ2v) is 5.34. The van der Waals surface area contributed by atoms with Gasteiger partial charge < -0.3 is 5.32 Å². The number of unbranched alkanes of at least 4 members (excludes halogenated alkanes) is 3. The molecule has 0 amide bonds. The Hall–Kier alpha value is -0.540. The first-order chi connectivity index (χ1) is 8.33. The van der Waals surface area contributed by atoms with E-state index >= 15 is 0 Å². The van der Waals surface area contributed by atoms with E-state index in [1.165, 1.54) is 31.4 Å². The van der Waals surface area contributed by atoms with E-state index < -0.39 is 0 Å². The van der Waals surface area contributed by atoms with E-state index in [9.17, 15) is 0 Å². The van der Waals surface area contributed by atoms with Crippen LogP contribution in [0.4, 0.5) is 0 Å². The fourth-order valence-corrected chi connectivity index (χ4v) is 2.26. The van der Waals surface area contributed by atoms with Gasteiger partial charge in [-0.15, -0.1) is 0 Å². The van der Waals surface area contributed by atoms with E-state index in [-0.39, 0.29) is 0 Å². The zero-order valence-electron chi connectivity index (χ0n) is 11.0. The van der Waals surface area contributed by atoms with Crippen LogP contribution < -0.4 is 5.32 Å². The molecule has 0 aromatic carbocycles. The summed E-state index contributed by atoms with van der Waals surface area (Å²) in [5, 5.41) is 3.45. The van der Waals surface area contributed by atoms with E-state index in [2.05, 4.69) is 28.7 Å². The van der Waals surface area contributed by atoms with Crippen LogP contribution in [0.15, 0.2) is 18.2 Å². The predicted octanol–water partition coefficient (Wildman–Crippen LogP) is 3.40. The van der Waals surface area contributed by atoms with Gasteiger partial charge in [0.25, 0.3) is 0 Å². The third-order valence-corrected chi connectivity index (χ3v) is 3.40. The number of pyridine rings is 1. The molecule has 1 N–H and O–H groups in total. The maximum Gasteiger partial charge on any atom is 0.0544 e. The normalized spacial score (nSPS) is 10.7. The maximum absolute atomic E-state index is 4.47. The highest BCUT2D eigenvalue weighted by Gasteiger charge is 1.94. The van der Waals surface area contributed by atoms with Gasteiger partial charge in [0.15, 0.2) is 0 Å². The van der Waals surface area contributed by atoms with Crippen molar-refractivity contribution in [1.82, 2.24) is 10.3 Å². The zero-order chi connectivity index (χ0) is 12.3. The van der Waals surface area contributed by atoms with Gasteiger partial charge >= 0.3 is 0 Å². The number of hydrogen-bond donors (Lipinski definition) is 1. The Morgan fingerprint density at radius 2 is 2.00 bits per heavy atom. The van der Waals surface area contributed by atoms with Crippen molar-refractivity contribution >= 4 is 11.8 Å². The highest BCUT2D eigenvalue weighted by Crippen LogP contribution is 2.04. The Kier molecular flexibility index (Phi) is 8.10. The van der Waals surface area contributed by atoms with Crippen LogP contribution in [0.1, 0.15) is 37.1 Å². The summed E-state index contributed by atoms with van der Waals surface area (Å²) in [5.41, 5.74) is 2.24. The average molecular weight is 252 g/mol. The minimum absolute atomic E-state index is 0.895. The summed E-state index contributed by atoms with van der Waals surface area (Å²) in [6.45, 7) is 4.04. The van der Waals surface area contributed by atoms with E-state index in [1.54, 1.807) is 0 Å². The van der Waals surface area contributed by atoms with Crippen molar-refractivity contribution in [3.63, 3.8) is 0 Å². The first-order valence-electron chi connectivity index (χ1n) is 6.45. The van der Waals surface area contributed by atoms with E-state index in [0.717, 1.165) is 24.5 Å². The summed E-state index contributed by atoms with van der Waals surface area (Å²) in [6, 6.07) is 6.19. The molecule has 96 valence electrons. The Bertz CT molecular complexity index is 302. The summed E-state index contributed by atoms with van der Waals surface area (Å²) in [5.74, 6) is 1.31. The monoisotopic (exact) mass is 252 g/mol. The lowest BCUT2D eigenvalue weighted by Crippen LogP contribution is -2.15. The molecule has 3 heteroatoms. The molecule has 1 aromatic heterocycles. The van der Waals surface area contributed by atoms with Crippen molar-refractivity contribution in [2.75, 3.05) is 18.6 Å². The largest absolute Gasteiger partial charge is 0.311 e. The highest BCUT2D eigenvalue weighted by atomic mass is 32.2. The molecule has 0 aliphatic heterocycles. The van der Waals surface area contributed by atoms with Crippen LogP contribution in [0.25, 0.3) is 0 Å². The first kappa shape index (κ1) is 14.5. The summed E-state index contributed by atoms with van der Waals surface area (Å²) in [6.07, 6.45) is 7.53. The van der Waals surface area contributed by atoms with Crippen LogP contribution in [0.3, 0.4) is 0 Å². The number of rotatable bonds is 9. The fraction of sp³-hybridized carbons (Fsp3) is 0.643. The van der Waals surface area contributed by atoms with E-state index in [1.807, 2.05) is 24.8 Å². The van der Waals surface area contributed by atoms with E-state index in [4.69, 9.17) is 0 Å². The van der Waals surface area contributed by atoms with Crippen molar-refractivity contribution < 1.29 is 0 Å². The Balaban J connectivity index is 1.97.